The maximum absolute atomic E-state index is 14.0. The molecule has 2 atom stereocenters. The molecule has 1 amide bonds. The van der Waals surface area contributed by atoms with E-state index in [9.17, 15) is 18.8 Å². The number of hydrogen-bond acceptors (Lipinski definition) is 7. The molecule has 1 N–H and O–H groups in total. The molecule has 3 heterocycles. The third-order valence-electron chi connectivity index (χ3n) is 8.25. The van der Waals surface area contributed by atoms with E-state index in [1.807, 2.05) is 72.4 Å². The summed E-state index contributed by atoms with van der Waals surface area (Å²) in [4.78, 5) is 50.6. The SMILES string of the molecule is Cc1oc([C@@H](Cc2cn(C)c3ccccc23)NC(=O)[C@@H](C(=O)On2ccc3ccc(F)cc32)C(C)C)nc1C(=O)OCc1ccccc1. The highest BCUT2D eigenvalue weighted by Crippen LogP contribution is 2.28. The number of carbonyl (C=O) groups is 3. The summed E-state index contributed by atoms with van der Waals surface area (Å²) in [6, 6.07) is 22.1. The molecule has 10 nitrogen and oxygen atoms in total. The van der Waals surface area contributed by atoms with Crippen molar-refractivity contribution in [1.29, 1.82) is 0 Å². The van der Waals surface area contributed by atoms with Crippen LogP contribution < -0.4 is 10.2 Å². The zero-order valence-electron chi connectivity index (χ0n) is 27.0. The van der Waals surface area contributed by atoms with E-state index in [4.69, 9.17) is 14.0 Å². The van der Waals surface area contributed by atoms with Gasteiger partial charge in [0, 0.05) is 48.2 Å². The smallest absolute Gasteiger partial charge is 0.360 e. The van der Waals surface area contributed by atoms with Crippen LogP contribution in [0.2, 0.25) is 0 Å². The molecule has 11 heteroatoms. The van der Waals surface area contributed by atoms with Crippen LogP contribution in [-0.4, -0.2) is 32.1 Å². The summed E-state index contributed by atoms with van der Waals surface area (Å²) in [7, 11) is 1.93. The first kappa shape index (κ1) is 32.2. The number of esters is 1. The molecule has 246 valence electrons. The third-order valence-corrected chi connectivity index (χ3v) is 8.25. The second-order valence-electron chi connectivity index (χ2n) is 12.0. The Morgan fingerprint density at radius 2 is 1.73 bits per heavy atom. The van der Waals surface area contributed by atoms with Crippen molar-refractivity contribution in [3.8, 4) is 0 Å². The molecule has 48 heavy (non-hydrogen) atoms. The Morgan fingerprint density at radius 1 is 0.979 bits per heavy atom. The van der Waals surface area contributed by atoms with Crippen LogP contribution in [0, 0.1) is 24.6 Å². The maximum Gasteiger partial charge on any atom is 0.360 e. The van der Waals surface area contributed by atoms with E-state index in [-0.39, 0.29) is 30.4 Å². The van der Waals surface area contributed by atoms with Gasteiger partial charge >= 0.3 is 11.9 Å². The van der Waals surface area contributed by atoms with Crippen molar-refractivity contribution in [2.75, 3.05) is 0 Å². The minimum atomic E-state index is -1.24. The second-order valence-corrected chi connectivity index (χ2v) is 12.0. The van der Waals surface area contributed by atoms with Gasteiger partial charge in [0.25, 0.3) is 0 Å². The monoisotopic (exact) mass is 650 g/mol. The standard InChI is InChI=1S/C37H35FN4O6/c1-22(2)32(36(44)48-42-17-16-25-14-15-27(38)19-31(25)42)34(43)39-29(18-26-20-41(4)30-13-9-8-12-28(26)30)35-40-33(23(3)47-35)37(45)46-21-24-10-6-5-7-11-24/h5-17,19-20,22,29,32H,18,21H2,1-4H3,(H,39,43)/t29-,32+/m1/s1. The van der Waals surface area contributed by atoms with Crippen LogP contribution in [0.5, 0.6) is 0 Å². The molecule has 0 radical (unpaired) electrons. The lowest BCUT2D eigenvalue weighted by atomic mass is 9.94. The van der Waals surface area contributed by atoms with E-state index >= 15 is 0 Å². The number of aryl methyl sites for hydroxylation is 2. The van der Waals surface area contributed by atoms with E-state index < -0.39 is 41.5 Å². The van der Waals surface area contributed by atoms with Crippen molar-refractivity contribution < 1.29 is 32.8 Å². The molecule has 0 bridgehead atoms. The van der Waals surface area contributed by atoms with Gasteiger partial charge in [-0.1, -0.05) is 62.4 Å². The summed E-state index contributed by atoms with van der Waals surface area (Å²) in [6.45, 7) is 5.12. The van der Waals surface area contributed by atoms with Crippen molar-refractivity contribution in [3.05, 3.63) is 126 Å². The molecule has 0 fully saturated rings. The van der Waals surface area contributed by atoms with Gasteiger partial charge in [-0.2, -0.15) is 4.73 Å². The number of amides is 1. The molecular formula is C37H35FN4O6. The number of ether oxygens (including phenoxy) is 1. The van der Waals surface area contributed by atoms with E-state index in [1.165, 1.54) is 18.3 Å². The Hall–Kier alpha value is -5.71. The van der Waals surface area contributed by atoms with E-state index in [0.29, 0.717) is 10.9 Å². The average molecular weight is 651 g/mol. The molecule has 3 aromatic heterocycles. The number of aromatic nitrogens is 3. The van der Waals surface area contributed by atoms with Crippen molar-refractivity contribution >= 4 is 39.7 Å². The van der Waals surface area contributed by atoms with Crippen LogP contribution in [0.15, 0.2) is 95.7 Å². The summed E-state index contributed by atoms with van der Waals surface area (Å²) >= 11 is 0. The van der Waals surface area contributed by atoms with Gasteiger partial charge in [-0.05, 0) is 48.2 Å². The van der Waals surface area contributed by atoms with E-state index in [0.717, 1.165) is 26.8 Å². The minimum Gasteiger partial charge on any atom is -0.456 e. The Bertz CT molecular complexity index is 2110. The van der Waals surface area contributed by atoms with Crippen molar-refractivity contribution in [2.24, 2.45) is 18.9 Å². The minimum absolute atomic E-state index is 0.00960. The lowest BCUT2D eigenvalue weighted by Crippen LogP contribution is -2.43. The Kier molecular flexibility index (Phi) is 9.11. The highest BCUT2D eigenvalue weighted by Gasteiger charge is 2.36. The van der Waals surface area contributed by atoms with Crippen LogP contribution >= 0.6 is 0 Å². The lowest BCUT2D eigenvalue weighted by molar-refractivity contribution is -0.154. The Balaban J connectivity index is 1.28. The zero-order chi connectivity index (χ0) is 33.9. The fraction of sp³-hybridized carbons (Fsp3) is 0.243. The largest absolute Gasteiger partial charge is 0.456 e. The molecule has 6 rings (SSSR count). The third kappa shape index (κ3) is 6.71. The molecule has 0 saturated heterocycles. The van der Waals surface area contributed by atoms with Crippen LogP contribution in [0.3, 0.4) is 0 Å². The zero-order valence-corrected chi connectivity index (χ0v) is 27.0. The van der Waals surface area contributed by atoms with Gasteiger partial charge in [-0.3, -0.25) is 4.79 Å². The average Bonchev–Trinajstić information content (AvgIpc) is 3.74. The number of para-hydroxylation sites is 1. The van der Waals surface area contributed by atoms with Crippen LogP contribution in [0.1, 0.15) is 53.2 Å². The number of oxazole rings is 1. The number of halogens is 1. The normalized spacial score (nSPS) is 12.7. The molecule has 0 spiro atoms. The summed E-state index contributed by atoms with van der Waals surface area (Å²) in [6.07, 6.45) is 3.70. The highest BCUT2D eigenvalue weighted by molar-refractivity contribution is 5.98. The second kappa shape index (κ2) is 13.6. The van der Waals surface area contributed by atoms with Gasteiger partial charge in [0.15, 0.2) is 5.69 Å². The van der Waals surface area contributed by atoms with Crippen LogP contribution in [0.25, 0.3) is 21.8 Å². The summed E-state index contributed by atoms with van der Waals surface area (Å²) < 4.78 is 28.6. The van der Waals surface area contributed by atoms with Crippen molar-refractivity contribution in [1.82, 2.24) is 19.6 Å². The predicted octanol–water partition coefficient (Wildman–Crippen LogP) is 6.25. The topological polar surface area (TPSA) is 118 Å². The highest BCUT2D eigenvalue weighted by atomic mass is 19.1. The van der Waals surface area contributed by atoms with Gasteiger partial charge in [-0.25, -0.2) is 19.0 Å². The molecule has 0 saturated carbocycles. The number of hydrogen-bond donors (Lipinski definition) is 1. The molecule has 0 aliphatic carbocycles. The Morgan fingerprint density at radius 3 is 2.50 bits per heavy atom. The molecule has 6 aromatic rings. The summed E-state index contributed by atoms with van der Waals surface area (Å²) in [5.74, 6) is -3.98. The van der Waals surface area contributed by atoms with E-state index in [2.05, 4.69) is 10.3 Å². The van der Waals surface area contributed by atoms with Gasteiger partial charge < -0.3 is 23.9 Å². The number of benzene rings is 3. The van der Waals surface area contributed by atoms with Gasteiger partial charge in [-0.15, -0.1) is 0 Å². The number of fused-ring (bicyclic) bond motifs is 2. The predicted molar refractivity (Wildman–Crippen MR) is 176 cm³/mol. The molecular weight excluding hydrogens is 615 g/mol. The van der Waals surface area contributed by atoms with Gasteiger partial charge in [0.2, 0.25) is 11.8 Å². The van der Waals surface area contributed by atoms with E-state index in [1.54, 1.807) is 32.9 Å². The Labute approximate surface area is 276 Å². The summed E-state index contributed by atoms with van der Waals surface area (Å²) in [5.41, 5.74) is 3.04. The van der Waals surface area contributed by atoms with Gasteiger partial charge in [0.05, 0.1) is 5.52 Å². The van der Waals surface area contributed by atoms with Crippen LogP contribution in [0.4, 0.5) is 4.39 Å². The maximum atomic E-state index is 14.0. The fourth-order valence-electron chi connectivity index (χ4n) is 5.81. The molecule has 0 aliphatic heterocycles. The number of nitrogens with one attached hydrogen (secondary N) is 1. The molecule has 3 aromatic carbocycles. The first-order valence-corrected chi connectivity index (χ1v) is 15.6. The number of nitrogens with zero attached hydrogens (tertiary/aromatic N) is 3. The first-order valence-electron chi connectivity index (χ1n) is 15.6. The van der Waals surface area contributed by atoms with Crippen molar-refractivity contribution in [2.45, 2.75) is 39.8 Å². The van der Waals surface area contributed by atoms with Gasteiger partial charge in [0.1, 0.15) is 30.1 Å². The number of carbonyl (C=O) groups excluding carboxylic acids is 3. The first-order chi connectivity index (χ1) is 23.1. The molecule has 0 unspecified atom stereocenters. The fourth-order valence-corrected chi connectivity index (χ4v) is 5.81. The molecule has 0 aliphatic rings. The summed E-state index contributed by atoms with van der Waals surface area (Å²) in [5, 5.41) is 4.59. The quantitative estimate of drug-likeness (QED) is 0.130. The number of rotatable bonds is 11. The van der Waals surface area contributed by atoms with Crippen LogP contribution in [-0.2, 0) is 34.4 Å². The van der Waals surface area contributed by atoms with Crippen molar-refractivity contribution in [3.63, 3.8) is 0 Å². The lowest BCUT2D eigenvalue weighted by Gasteiger charge is -2.22.